The molecule has 0 radical (unpaired) electrons. The van der Waals surface area contributed by atoms with Crippen molar-refractivity contribution in [1.29, 1.82) is 0 Å². The first-order valence-corrected chi connectivity index (χ1v) is 11.8. The highest BCUT2D eigenvalue weighted by atomic mass is 32.2. The number of fused-ring (bicyclic) bond motifs is 1. The molecule has 0 saturated carbocycles. The molecule has 2 heterocycles. The largest absolute Gasteiger partial charge is 0.482 e. The van der Waals surface area contributed by atoms with Crippen LogP contribution < -0.4 is 15.0 Å². The Kier molecular flexibility index (Phi) is 5.97. The van der Waals surface area contributed by atoms with Crippen LogP contribution in [-0.4, -0.2) is 50.8 Å². The Bertz CT molecular complexity index is 1090. The summed E-state index contributed by atoms with van der Waals surface area (Å²) in [6, 6.07) is 11.1. The van der Waals surface area contributed by atoms with Gasteiger partial charge in [-0.3, -0.25) is 9.59 Å². The number of nitrogens with one attached hydrogen (secondary N) is 1. The average Bonchev–Trinajstić information content (AvgIpc) is 3.32. The van der Waals surface area contributed by atoms with Crippen molar-refractivity contribution in [3.05, 3.63) is 48.0 Å². The monoisotopic (exact) mass is 443 g/mol. The Labute approximate surface area is 181 Å². The lowest BCUT2D eigenvalue weighted by atomic mass is 10.1. The van der Waals surface area contributed by atoms with Crippen molar-refractivity contribution >= 4 is 33.2 Å². The number of rotatable bonds is 6. The van der Waals surface area contributed by atoms with Gasteiger partial charge in [-0.05, 0) is 61.7 Å². The Morgan fingerprint density at radius 2 is 1.81 bits per heavy atom. The smallest absolute Gasteiger partial charge is 0.265 e. The maximum atomic E-state index is 12.7. The first-order chi connectivity index (χ1) is 14.9. The summed E-state index contributed by atoms with van der Waals surface area (Å²) < 4.78 is 32.2. The van der Waals surface area contributed by atoms with Crippen molar-refractivity contribution in [3.8, 4) is 5.75 Å². The SMILES string of the molecule is CCCN1C(=O)COc2ccc(NC(=O)c3ccc(S(=O)(=O)N4CCCC4)cc3)cc21. The number of hydrogen-bond acceptors (Lipinski definition) is 5. The van der Waals surface area contributed by atoms with Gasteiger partial charge in [0, 0.05) is 30.9 Å². The van der Waals surface area contributed by atoms with Crippen LogP contribution in [0.2, 0.25) is 0 Å². The molecule has 0 atom stereocenters. The van der Waals surface area contributed by atoms with Crippen LogP contribution in [0.15, 0.2) is 47.4 Å². The van der Waals surface area contributed by atoms with E-state index in [0.717, 1.165) is 19.3 Å². The van der Waals surface area contributed by atoms with Gasteiger partial charge in [-0.1, -0.05) is 6.92 Å². The summed E-state index contributed by atoms with van der Waals surface area (Å²) in [6.07, 6.45) is 2.54. The Hall–Kier alpha value is -2.91. The number of benzene rings is 2. The normalized spacial score (nSPS) is 16.7. The third kappa shape index (κ3) is 4.28. The lowest BCUT2D eigenvalue weighted by Gasteiger charge is -2.29. The molecule has 2 aromatic carbocycles. The van der Waals surface area contributed by atoms with Gasteiger partial charge >= 0.3 is 0 Å². The molecule has 2 amide bonds. The predicted molar refractivity (Wildman–Crippen MR) is 117 cm³/mol. The molecule has 2 aliphatic rings. The summed E-state index contributed by atoms with van der Waals surface area (Å²) in [7, 11) is -3.52. The van der Waals surface area contributed by atoms with E-state index >= 15 is 0 Å². The summed E-state index contributed by atoms with van der Waals surface area (Å²) >= 11 is 0. The van der Waals surface area contributed by atoms with Crippen molar-refractivity contribution in [2.75, 3.05) is 36.5 Å². The van der Waals surface area contributed by atoms with Gasteiger partial charge in [0.15, 0.2) is 6.61 Å². The van der Waals surface area contributed by atoms with E-state index in [0.29, 0.717) is 42.3 Å². The molecule has 9 heteroatoms. The molecule has 0 spiro atoms. The second-order valence-electron chi connectivity index (χ2n) is 7.61. The predicted octanol–water partition coefficient (Wildman–Crippen LogP) is 2.86. The fraction of sp³-hybridized carbons (Fsp3) is 0.364. The molecule has 1 N–H and O–H groups in total. The van der Waals surface area contributed by atoms with Gasteiger partial charge in [-0.2, -0.15) is 4.31 Å². The van der Waals surface area contributed by atoms with Gasteiger partial charge in [-0.25, -0.2) is 8.42 Å². The van der Waals surface area contributed by atoms with Gasteiger partial charge in [0.1, 0.15) is 5.75 Å². The first-order valence-electron chi connectivity index (χ1n) is 10.4. The topological polar surface area (TPSA) is 96.0 Å². The molecule has 164 valence electrons. The molecular formula is C22H25N3O5S. The van der Waals surface area contributed by atoms with Crippen LogP contribution in [0.4, 0.5) is 11.4 Å². The highest BCUT2D eigenvalue weighted by Gasteiger charge is 2.27. The fourth-order valence-corrected chi connectivity index (χ4v) is 5.32. The maximum Gasteiger partial charge on any atom is 0.265 e. The molecule has 1 fully saturated rings. The van der Waals surface area contributed by atoms with E-state index in [4.69, 9.17) is 4.74 Å². The van der Waals surface area contributed by atoms with Crippen LogP contribution in [0.3, 0.4) is 0 Å². The third-order valence-electron chi connectivity index (χ3n) is 5.43. The first kappa shape index (κ1) is 21.3. The summed E-state index contributed by atoms with van der Waals surface area (Å²) in [5, 5.41) is 2.81. The zero-order valence-electron chi connectivity index (χ0n) is 17.3. The second kappa shape index (κ2) is 8.68. The molecule has 0 aliphatic carbocycles. The summed E-state index contributed by atoms with van der Waals surface area (Å²) in [6.45, 7) is 3.63. The van der Waals surface area contributed by atoms with Gasteiger partial charge < -0.3 is 15.0 Å². The molecule has 2 aromatic rings. The van der Waals surface area contributed by atoms with Crippen molar-refractivity contribution in [1.82, 2.24) is 4.31 Å². The number of hydrogen-bond donors (Lipinski definition) is 1. The zero-order valence-corrected chi connectivity index (χ0v) is 18.2. The van der Waals surface area contributed by atoms with Crippen LogP contribution in [0.25, 0.3) is 0 Å². The quantitative estimate of drug-likeness (QED) is 0.741. The van der Waals surface area contributed by atoms with Crippen LogP contribution in [0.5, 0.6) is 5.75 Å². The summed E-state index contributed by atoms with van der Waals surface area (Å²) in [4.78, 5) is 26.7. The lowest BCUT2D eigenvalue weighted by molar-refractivity contribution is -0.121. The maximum absolute atomic E-state index is 12.7. The molecule has 0 aromatic heterocycles. The summed E-state index contributed by atoms with van der Waals surface area (Å²) in [5.41, 5.74) is 1.50. The molecule has 0 bridgehead atoms. The van der Waals surface area contributed by atoms with E-state index in [9.17, 15) is 18.0 Å². The highest BCUT2D eigenvalue weighted by Crippen LogP contribution is 2.34. The van der Waals surface area contributed by atoms with Crippen LogP contribution in [0.1, 0.15) is 36.5 Å². The van der Waals surface area contributed by atoms with Gasteiger partial charge in [0.05, 0.1) is 10.6 Å². The number of anilines is 2. The van der Waals surface area contributed by atoms with E-state index in [1.165, 1.54) is 28.6 Å². The third-order valence-corrected chi connectivity index (χ3v) is 7.34. The molecule has 1 saturated heterocycles. The second-order valence-corrected chi connectivity index (χ2v) is 9.54. The summed E-state index contributed by atoms with van der Waals surface area (Å²) in [5.74, 6) is 0.116. The number of carbonyl (C=O) groups excluding carboxylic acids is 2. The zero-order chi connectivity index (χ0) is 22.0. The molecular weight excluding hydrogens is 418 g/mol. The van der Waals surface area contributed by atoms with E-state index in [1.807, 2.05) is 6.92 Å². The van der Waals surface area contributed by atoms with Crippen molar-refractivity contribution in [2.24, 2.45) is 0 Å². The number of ether oxygens (including phenoxy) is 1. The van der Waals surface area contributed by atoms with E-state index in [1.54, 1.807) is 23.1 Å². The molecule has 8 nitrogen and oxygen atoms in total. The number of nitrogens with zero attached hydrogens (tertiary/aromatic N) is 2. The lowest BCUT2D eigenvalue weighted by Crippen LogP contribution is -2.39. The van der Waals surface area contributed by atoms with Crippen molar-refractivity contribution in [3.63, 3.8) is 0 Å². The van der Waals surface area contributed by atoms with E-state index in [-0.39, 0.29) is 23.3 Å². The minimum absolute atomic E-state index is 0.00535. The van der Waals surface area contributed by atoms with Gasteiger partial charge in [0.25, 0.3) is 11.8 Å². The molecule has 4 rings (SSSR count). The van der Waals surface area contributed by atoms with Crippen molar-refractivity contribution in [2.45, 2.75) is 31.1 Å². The van der Waals surface area contributed by atoms with E-state index in [2.05, 4.69) is 5.32 Å². The van der Waals surface area contributed by atoms with Gasteiger partial charge in [0.2, 0.25) is 10.0 Å². The Balaban J connectivity index is 1.50. The minimum atomic E-state index is -3.52. The van der Waals surface area contributed by atoms with Crippen molar-refractivity contribution < 1.29 is 22.7 Å². The fourth-order valence-electron chi connectivity index (χ4n) is 3.81. The van der Waals surface area contributed by atoms with Crippen LogP contribution in [0, 0.1) is 0 Å². The van der Waals surface area contributed by atoms with Crippen LogP contribution >= 0.6 is 0 Å². The van der Waals surface area contributed by atoms with E-state index < -0.39 is 10.0 Å². The molecule has 2 aliphatic heterocycles. The number of carbonyl (C=O) groups is 2. The highest BCUT2D eigenvalue weighted by molar-refractivity contribution is 7.89. The average molecular weight is 444 g/mol. The Morgan fingerprint density at radius 1 is 1.10 bits per heavy atom. The molecule has 0 unspecified atom stereocenters. The number of amides is 2. The Morgan fingerprint density at radius 3 is 2.48 bits per heavy atom. The molecule has 31 heavy (non-hydrogen) atoms. The minimum Gasteiger partial charge on any atom is -0.482 e. The number of sulfonamides is 1. The van der Waals surface area contributed by atoms with Crippen LogP contribution in [-0.2, 0) is 14.8 Å². The standard InChI is InChI=1S/C22H25N3O5S/c1-2-11-25-19-14-17(7-10-20(19)30-15-21(25)26)23-22(27)16-5-8-18(9-6-16)31(28,29)24-12-3-4-13-24/h5-10,14H,2-4,11-13,15H2,1H3,(H,23,27). The van der Waals surface area contributed by atoms with Gasteiger partial charge in [-0.15, -0.1) is 0 Å².